The van der Waals surface area contributed by atoms with E-state index in [-0.39, 0.29) is 10.7 Å². The molecule has 6 nitrogen and oxygen atoms in total. The summed E-state index contributed by atoms with van der Waals surface area (Å²) in [6, 6.07) is 15.5. The Morgan fingerprint density at radius 1 is 1.08 bits per heavy atom. The van der Waals surface area contributed by atoms with Crippen LogP contribution in [0.15, 0.2) is 68.5 Å². The van der Waals surface area contributed by atoms with E-state index < -0.39 is 15.9 Å². The van der Waals surface area contributed by atoms with Crippen LogP contribution in [0.4, 0.5) is 0 Å². The van der Waals surface area contributed by atoms with Crippen molar-refractivity contribution in [1.29, 1.82) is 0 Å². The van der Waals surface area contributed by atoms with Gasteiger partial charge in [-0.3, -0.25) is 4.79 Å². The smallest absolute Gasteiger partial charge is 0.304 e. The van der Waals surface area contributed by atoms with E-state index >= 15 is 0 Å². The molecular weight excluding hydrogens is 408 g/mol. The summed E-state index contributed by atoms with van der Waals surface area (Å²) >= 11 is 3.15. The molecule has 0 bridgehead atoms. The molecule has 1 heterocycles. The third kappa shape index (κ3) is 3.49. The molecule has 0 aliphatic rings. The molecule has 0 aliphatic heterocycles. The highest BCUT2D eigenvalue weighted by Gasteiger charge is 2.26. The highest BCUT2D eigenvalue weighted by atomic mass is 79.9. The van der Waals surface area contributed by atoms with Crippen LogP contribution in [0.3, 0.4) is 0 Å². The first-order valence-electron chi connectivity index (χ1n) is 7.23. The second kappa shape index (κ2) is 6.81. The molecular formula is C17H13BrN2O4S. The van der Waals surface area contributed by atoms with E-state index in [2.05, 4.69) is 21.1 Å². The van der Waals surface area contributed by atoms with Crippen LogP contribution >= 0.6 is 15.9 Å². The fourth-order valence-electron chi connectivity index (χ4n) is 2.28. The molecule has 1 amide bonds. The second-order valence-corrected chi connectivity index (χ2v) is 7.65. The van der Waals surface area contributed by atoms with Gasteiger partial charge in [0.05, 0.1) is 15.1 Å². The van der Waals surface area contributed by atoms with Crippen molar-refractivity contribution >= 4 is 31.9 Å². The van der Waals surface area contributed by atoms with E-state index in [1.807, 2.05) is 22.9 Å². The highest BCUT2D eigenvalue weighted by Crippen LogP contribution is 2.27. The minimum Gasteiger partial charge on any atom is -0.349 e. The van der Waals surface area contributed by atoms with Gasteiger partial charge in [0.2, 0.25) is 5.76 Å². The summed E-state index contributed by atoms with van der Waals surface area (Å²) in [6.07, 6.45) is 0. The fraction of sp³-hybridized carbons (Fsp3) is 0.0588. The van der Waals surface area contributed by atoms with E-state index in [4.69, 9.17) is 4.52 Å². The number of benzene rings is 2. The Labute approximate surface area is 153 Å². The predicted octanol–water partition coefficient (Wildman–Crippen LogP) is 3.53. The lowest BCUT2D eigenvalue weighted by Gasteiger charge is -2.11. The maximum Gasteiger partial charge on any atom is 0.304 e. The summed E-state index contributed by atoms with van der Waals surface area (Å²) in [5, 5.41) is 3.63. The van der Waals surface area contributed by atoms with E-state index in [0.29, 0.717) is 15.7 Å². The predicted molar refractivity (Wildman–Crippen MR) is 95.5 cm³/mol. The van der Waals surface area contributed by atoms with Crippen molar-refractivity contribution in [3.8, 4) is 11.1 Å². The zero-order valence-electron chi connectivity index (χ0n) is 13.1. The maximum atomic E-state index is 12.7. The number of amides is 1. The van der Waals surface area contributed by atoms with Crippen LogP contribution in [0, 0.1) is 6.92 Å². The van der Waals surface area contributed by atoms with Gasteiger partial charge >= 0.3 is 5.91 Å². The second-order valence-electron chi connectivity index (χ2n) is 5.21. The first-order chi connectivity index (χ1) is 11.9. The molecule has 8 heteroatoms. The summed E-state index contributed by atoms with van der Waals surface area (Å²) in [5.41, 5.74) is 1.68. The molecule has 1 aromatic heterocycles. The quantitative estimate of drug-likeness (QED) is 0.696. The molecule has 1 N–H and O–H groups in total. The lowest BCUT2D eigenvalue weighted by Crippen LogP contribution is -2.31. The van der Waals surface area contributed by atoms with Gasteiger partial charge in [0.25, 0.3) is 10.0 Å². The van der Waals surface area contributed by atoms with Gasteiger partial charge in [-0.2, -0.15) is 0 Å². The first kappa shape index (κ1) is 17.4. The number of carbonyl (C=O) groups is 1. The van der Waals surface area contributed by atoms with Crippen LogP contribution in [0.2, 0.25) is 0 Å². The van der Waals surface area contributed by atoms with Crippen molar-refractivity contribution in [3.05, 3.63) is 70.5 Å². The number of nitrogens with zero attached hydrogens (tertiary/aromatic N) is 1. The van der Waals surface area contributed by atoms with Gasteiger partial charge in [-0.1, -0.05) is 53.7 Å². The Morgan fingerprint density at radius 2 is 1.72 bits per heavy atom. The van der Waals surface area contributed by atoms with Crippen LogP contribution in [0.1, 0.15) is 16.2 Å². The Hall–Kier alpha value is -2.45. The molecule has 3 aromatic rings. The number of halogens is 1. The molecule has 0 atom stereocenters. The number of rotatable bonds is 4. The summed E-state index contributed by atoms with van der Waals surface area (Å²) in [4.78, 5) is 12.3. The molecule has 0 saturated heterocycles. The summed E-state index contributed by atoms with van der Waals surface area (Å²) < 4.78 is 32.7. The number of sulfonamides is 1. The van der Waals surface area contributed by atoms with Crippen LogP contribution < -0.4 is 4.72 Å². The molecule has 0 unspecified atom stereocenters. The highest BCUT2D eigenvalue weighted by molar-refractivity contribution is 9.10. The molecule has 0 aliphatic carbocycles. The van der Waals surface area contributed by atoms with Gasteiger partial charge in [-0.15, -0.1) is 0 Å². The minimum absolute atomic E-state index is 0.00177. The van der Waals surface area contributed by atoms with Gasteiger partial charge in [0, 0.05) is 5.56 Å². The molecule has 0 radical (unpaired) electrons. The molecule has 25 heavy (non-hydrogen) atoms. The Bertz CT molecular complexity index is 1030. The largest absolute Gasteiger partial charge is 0.349 e. The van der Waals surface area contributed by atoms with Gasteiger partial charge < -0.3 is 4.52 Å². The SMILES string of the molecule is Cc1noc(C(=O)NS(=O)(=O)c2ccccc2-c2ccccc2)c1Br. The number of hydrogen-bond acceptors (Lipinski definition) is 5. The normalized spacial score (nSPS) is 11.3. The lowest BCUT2D eigenvalue weighted by molar-refractivity contribution is 0.0944. The molecule has 0 spiro atoms. The van der Waals surface area contributed by atoms with Crippen molar-refractivity contribution in [2.24, 2.45) is 0 Å². The molecule has 2 aromatic carbocycles. The van der Waals surface area contributed by atoms with Crippen molar-refractivity contribution < 1.29 is 17.7 Å². The Balaban J connectivity index is 1.99. The number of carbonyl (C=O) groups excluding carboxylic acids is 1. The van der Waals surface area contributed by atoms with Crippen LogP contribution in [-0.4, -0.2) is 19.5 Å². The summed E-state index contributed by atoms with van der Waals surface area (Å²) in [7, 11) is -4.10. The van der Waals surface area contributed by atoms with E-state index in [1.54, 1.807) is 37.3 Å². The monoisotopic (exact) mass is 420 g/mol. The molecule has 0 fully saturated rings. The third-order valence-corrected chi connectivity index (χ3v) is 5.81. The first-order valence-corrected chi connectivity index (χ1v) is 9.51. The minimum atomic E-state index is -4.10. The topological polar surface area (TPSA) is 89.3 Å². The number of aromatic nitrogens is 1. The van der Waals surface area contributed by atoms with Crippen LogP contribution in [0.5, 0.6) is 0 Å². The summed E-state index contributed by atoms with van der Waals surface area (Å²) in [5.74, 6) is -1.09. The number of nitrogens with one attached hydrogen (secondary N) is 1. The van der Waals surface area contributed by atoms with Crippen molar-refractivity contribution in [1.82, 2.24) is 9.88 Å². The van der Waals surface area contributed by atoms with Crippen molar-refractivity contribution in [3.63, 3.8) is 0 Å². The van der Waals surface area contributed by atoms with Gasteiger partial charge in [-0.25, -0.2) is 13.1 Å². The zero-order valence-corrected chi connectivity index (χ0v) is 15.5. The average Bonchev–Trinajstić information content (AvgIpc) is 2.94. The van der Waals surface area contributed by atoms with Crippen molar-refractivity contribution in [2.45, 2.75) is 11.8 Å². The maximum absolute atomic E-state index is 12.7. The zero-order chi connectivity index (χ0) is 18.0. The van der Waals surface area contributed by atoms with Gasteiger partial charge in [-0.05, 0) is 34.5 Å². The number of aryl methyl sites for hydroxylation is 1. The molecule has 128 valence electrons. The van der Waals surface area contributed by atoms with Crippen LogP contribution in [-0.2, 0) is 10.0 Å². The Morgan fingerprint density at radius 3 is 2.36 bits per heavy atom. The van der Waals surface area contributed by atoms with Gasteiger partial charge in [0.1, 0.15) is 0 Å². The summed E-state index contributed by atoms with van der Waals surface area (Å²) in [6.45, 7) is 1.63. The van der Waals surface area contributed by atoms with E-state index in [0.717, 1.165) is 5.56 Å². The molecule has 0 saturated carbocycles. The number of hydrogen-bond donors (Lipinski definition) is 1. The lowest BCUT2D eigenvalue weighted by atomic mass is 10.1. The van der Waals surface area contributed by atoms with Crippen LogP contribution in [0.25, 0.3) is 11.1 Å². The Kier molecular flexibility index (Phi) is 4.73. The molecule has 3 rings (SSSR count). The van der Waals surface area contributed by atoms with Gasteiger partial charge in [0.15, 0.2) is 0 Å². The fourth-order valence-corrected chi connectivity index (χ4v) is 3.78. The third-order valence-electron chi connectivity index (χ3n) is 3.49. The van der Waals surface area contributed by atoms with E-state index in [9.17, 15) is 13.2 Å². The standard InChI is InChI=1S/C17H13BrN2O4S/c1-11-15(18)16(24-19-11)17(21)20-25(22,23)14-10-6-5-9-13(14)12-7-3-2-4-8-12/h2-10H,1H3,(H,20,21). The van der Waals surface area contributed by atoms with Crippen molar-refractivity contribution in [2.75, 3.05) is 0 Å². The van der Waals surface area contributed by atoms with E-state index in [1.165, 1.54) is 6.07 Å². The average molecular weight is 421 g/mol.